The summed E-state index contributed by atoms with van der Waals surface area (Å²) >= 11 is 0. The van der Waals surface area contributed by atoms with Crippen LogP contribution in [0, 0.1) is 5.92 Å². The van der Waals surface area contributed by atoms with Gasteiger partial charge in [0, 0.05) is 5.41 Å². The highest BCUT2D eigenvalue weighted by Crippen LogP contribution is 2.45. The summed E-state index contributed by atoms with van der Waals surface area (Å²) in [4.78, 5) is 0. The average molecular weight is 288 g/mol. The Morgan fingerprint density at radius 1 is 0.818 bits per heavy atom. The van der Waals surface area contributed by atoms with E-state index in [9.17, 15) is 0 Å². The van der Waals surface area contributed by atoms with E-state index in [0.717, 1.165) is 6.42 Å². The Hall–Kier alpha value is -2.08. The largest absolute Gasteiger partial charge is 0.0801 e. The maximum atomic E-state index is 2.38. The molecular weight excluding hydrogens is 264 g/mol. The fraction of sp³-hybridized carbons (Fsp3) is 0.273. The number of hydrogen-bond acceptors (Lipinski definition) is 0. The Morgan fingerprint density at radius 2 is 1.32 bits per heavy atom. The molecule has 0 spiro atoms. The van der Waals surface area contributed by atoms with Crippen LogP contribution in [0.25, 0.3) is 0 Å². The molecule has 112 valence electrons. The van der Waals surface area contributed by atoms with Gasteiger partial charge in [-0.15, -0.1) is 0 Å². The normalized spacial score (nSPS) is 14.9. The molecule has 3 rings (SSSR count). The minimum atomic E-state index is -0.0639. The van der Waals surface area contributed by atoms with Crippen LogP contribution in [0.15, 0.2) is 84.0 Å². The second-order valence-corrected chi connectivity index (χ2v) is 6.55. The van der Waals surface area contributed by atoms with Crippen molar-refractivity contribution in [1.29, 1.82) is 0 Å². The van der Waals surface area contributed by atoms with Gasteiger partial charge in [0.2, 0.25) is 0 Å². The summed E-state index contributed by atoms with van der Waals surface area (Å²) in [5.74, 6) is 0.556. The molecule has 1 aliphatic carbocycles. The molecule has 0 aromatic heterocycles. The van der Waals surface area contributed by atoms with Crippen molar-refractivity contribution in [3.63, 3.8) is 0 Å². The minimum Gasteiger partial charge on any atom is -0.0801 e. The van der Waals surface area contributed by atoms with Crippen LogP contribution in [-0.2, 0) is 5.41 Å². The lowest BCUT2D eigenvalue weighted by molar-refractivity contribution is 0.637. The molecule has 0 amide bonds. The van der Waals surface area contributed by atoms with Crippen LogP contribution in [0.3, 0.4) is 0 Å². The molecule has 0 radical (unpaired) electrons. The quantitative estimate of drug-likeness (QED) is 0.656. The molecule has 0 heteroatoms. The van der Waals surface area contributed by atoms with E-state index in [1.165, 1.54) is 16.7 Å². The van der Waals surface area contributed by atoms with Gasteiger partial charge in [-0.05, 0) is 41.5 Å². The maximum Gasteiger partial charge on any atom is 0.0391 e. The summed E-state index contributed by atoms with van der Waals surface area (Å²) in [6, 6.07) is 21.8. The van der Waals surface area contributed by atoms with Crippen molar-refractivity contribution < 1.29 is 0 Å². The molecule has 0 nitrogen and oxygen atoms in total. The van der Waals surface area contributed by atoms with Crippen LogP contribution >= 0.6 is 0 Å². The van der Waals surface area contributed by atoms with Gasteiger partial charge in [-0.2, -0.15) is 0 Å². The van der Waals surface area contributed by atoms with Crippen LogP contribution in [0.4, 0.5) is 0 Å². The van der Waals surface area contributed by atoms with Gasteiger partial charge in [0.1, 0.15) is 0 Å². The maximum absolute atomic E-state index is 2.38. The minimum absolute atomic E-state index is 0.0639. The molecule has 0 N–H and O–H groups in total. The molecular formula is C22H24. The first-order chi connectivity index (χ1) is 10.6. The fourth-order valence-electron chi connectivity index (χ4n) is 3.61. The van der Waals surface area contributed by atoms with Crippen molar-refractivity contribution in [3.05, 3.63) is 95.1 Å². The molecule has 0 bridgehead atoms. The van der Waals surface area contributed by atoms with Gasteiger partial charge >= 0.3 is 0 Å². The van der Waals surface area contributed by atoms with Gasteiger partial charge in [0.15, 0.2) is 0 Å². The highest BCUT2D eigenvalue weighted by molar-refractivity contribution is 5.53. The molecule has 0 unspecified atom stereocenters. The Balaban J connectivity index is 2.24. The lowest BCUT2D eigenvalue weighted by atomic mass is 9.68. The molecule has 22 heavy (non-hydrogen) atoms. The predicted molar refractivity (Wildman–Crippen MR) is 95.0 cm³/mol. The van der Waals surface area contributed by atoms with E-state index in [2.05, 4.69) is 93.6 Å². The average Bonchev–Trinajstić information content (AvgIpc) is 3.06. The fourth-order valence-corrected chi connectivity index (χ4v) is 3.61. The van der Waals surface area contributed by atoms with E-state index in [4.69, 9.17) is 0 Å². The summed E-state index contributed by atoms with van der Waals surface area (Å²) in [6.07, 6.45) is 5.69. The summed E-state index contributed by atoms with van der Waals surface area (Å²) in [6.45, 7) is 6.96. The first-order valence-electron chi connectivity index (χ1n) is 8.15. The monoisotopic (exact) mass is 288 g/mol. The Morgan fingerprint density at radius 3 is 1.77 bits per heavy atom. The Kier molecular flexibility index (Phi) is 4.02. The standard InChI is InChI=1S/C22H24/c1-17(2)20-15-10-16-21(20)22(3,18-11-6-4-7-12-18)19-13-8-5-9-14-19/h4-15,17H,16H2,1-3H3. The molecule has 0 heterocycles. The van der Waals surface area contributed by atoms with Gasteiger partial charge < -0.3 is 0 Å². The molecule has 1 aliphatic rings. The summed E-state index contributed by atoms with van der Waals surface area (Å²) in [5.41, 5.74) is 5.72. The van der Waals surface area contributed by atoms with Crippen LogP contribution in [0.2, 0.25) is 0 Å². The molecule has 2 aromatic rings. The smallest absolute Gasteiger partial charge is 0.0391 e. The highest BCUT2D eigenvalue weighted by Gasteiger charge is 2.35. The first kappa shape index (κ1) is 14.8. The lowest BCUT2D eigenvalue weighted by Crippen LogP contribution is -2.27. The van der Waals surface area contributed by atoms with Crippen LogP contribution in [-0.4, -0.2) is 0 Å². The molecule has 0 saturated carbocycles. The van der Waals surface area contributed by atoms with Crippen LogP contribution in [0.1, 0.15) is 38.3 Å². The van der Waals surface area contributed by atoms with Crippen molar-refractivity contribution in [2.75, 3.05) is 0 Å². The van der Waals surface area contributed by atoms with E-state index in [-0.39, 0.29) is 5.41 Å². The Labute approximate surface area is 134 Å². The number of hydrogen-bond donors (Lipinski definition) is 0. The third-order valence-electron chi connectivity index (χ3n) is 4.90. The van der Waals surface area contributed by atoms with E-state index in [1.807, 2.05) is 0 Å². The second kappa shape index (κ2) is 5.96. The SMILES string of the molecule is CC(C)C1=C(C(C)(c2ccccc2)c2ccccc2)CC=C1. The molecule has 0 aliphatic heterocycles. The molecule has 0 atom stereocenters. The molecule has 2 aromatic carbocycles. The number of allylic oxidation sites excluding steroid dienone is 4. The predicted octanol–water partition coefficient (Wildman–Crippen LogP) is 5.91. The zero-order valence-electron chi connectivity index (χ0n) is 13.7. The Bertz CT molecular complexity index is 648. The van der Waals surface area contributed by atoms with Crippen molar-refractivity contribution in [1.82, 2.24) is 0 Å². The van der Waals surface area contributed by atoms with Crippen molar-refractivity contribution in [2.24, 2.45) is 5.92 Å². The van der Waals surface area contributed by atoms with Gasteiger partial charge in [-0.3, -0.25) is 0 Å². The second-order valence-electron chi connectivity index (χ2n) is 6.55. The van der Waals surface area contributed by atoms with Gasteiger partial charge in [-0.1, -0.05) is 86.7 Å². The first-order valence-corrected chi connectivity index (χ1v) is 8.15. The summed E-state index contributed by atoms with van der Waals surface area (Å²) < 4.78 is 0. The number of rotatable bonds is 4. The van der Waals surface area contributed by atoms with Gasteiger partial charge in [0.25, 0.3) is 0 Å². The van der Waals surface area contributed by atoms with E-state index in [1.54, 1.807) is 5.57 Å². The van der Waals surface area contributed by atoms with Crippen LogP contribution < -0.4 is 0 Å². The third kappa shape index (κ3) is 2.43. The van der Waals surface area contributed by atoms with Crippen LogP contribution in [0.5, 0.6) is 0 Å². The number of benzene rings is 2. The topological polar surface area (TPSA) is 0 Å². The zero-order chi connectivity index (χ0) is 15.6. The third-order valence-corrected chi connectivity index (χ3v) is 4.90. The van der Waals surface area contributed by atoms with E-state index in [0.29, 0.717) is 5.92 Å². The van der Waals surface area contributed by atoms with E-state index < -0.39 is 0 Å². The molecule has 0 saturated heterocycles. The van der Waals surface area contributed by atoms with Crippen molar-refractivity contribution in [2.45, 2.75) is 32.6 Å². The van der Waals surface area contributed by atoms with Gasteiger partial charge in [-0.25, -0.2) is 0 Å². The molecule has 0 fully saturated rings. The van der Waals surface area contributed by atoms with E-state index >= 15 is 0 Å². The summed E-state index contributed by atoms with van der Waals surface area (Å²) in [7, 11) is 0. The lowest BCUT2D eigenvalue weighted by Gasteiger charge is -2.35. The zero-order valence-corrected chi connectivity index (χ0v) is 13.7. The highest BCUT2D eigenvalue weighted by atomic mass is 14.4. The van der Waals surface area contributed by atoms with Crippen molar-refractivity contribution >= 4 is 0 Å². The van der Waals surface area contributed by atoms with Crippen molar-refractivity contribution in [3.8, 4) is 0 Å². The summed E-state index contributed by atoms with van der Waals surface area (Å²) in [5, 5.41) is 0. The van der Waals surface area contributed by atoms with Gasteiger partial charge in [0.05, 0.1) is 0 Å².